The van der Waals surface area contributed by atoms with Crippen molar-refractivity contribution in [1.29, 1.82) is 0 Å². The highest BCUT2D eigenvalue weighted by atomic mass is 79.9. The zero-order valence-electron chi connectivity index (χ0n) is 10.3. The molecule has 0 saturated heterocycles. The van der Waals surface area contributed by atoms with Gasteiger partial charge < -0.3 is 10.4 Å². The number of nitrogens with one attached hydrogen (secondary N) is 1. The van der Waals surface area contributed by atoms with Gasteiger partial charge in [-0.15, -0.1) is 0 Å². The van der Waals surface area contributed by atoms with Crippen molar-refractivity contribution in [2.24, 2.45) is 0 Å². The molecule has 0 bridgehead atoms. The molecular weight excluding hydrogens is 408 g/mol. The molecule has 0 saturated carbocycles. The number of benzene rings is 2. The molecule has 0 aliphatic heterocycles. The van der Waals surface area contributed by atoms with Gasteiger partial charge in [0.05, 0.1) is 10.6 Å². The number of anilines is 2. The van der Waals surface area contributed by atoms with Gasteiger partial charge in [0.1, 0.15) is 5.56 Å². The molecule has 0 heterocycles. The van der Waals surface area contributed by atoms with Gasteiger partial charge in [0.2, 0.25) is 0 Å². The van der Waals surface area contributed by atoms with Crippen LogP contribution in [0.5, 0.6) is 0 Å². The van der Waals surface area contributed by atoms with E-state index >= 15 is 0 Å². The first-order valence-corrected chi connectivity index (χ1v) is 7.21. The first-order valence-electron chi connectivity index (χ1n) is 5.62. The number of carboxylic acid groups (broad SMARTS) is 1. The number of aromatic carboxylic acids is 1. The summed E-state index contributed by atoms with van der Waals surface area (Å²) in [6.07, 6.45) is 0. The van der Waals surface area contributed by atoms with Gasteiger partial charge in [0.15, 0.2) is 0 Å². The second-order valence-electron chi connectivity index (χ2n) is 4.04. The predicted molar refractivity (Wildman–Crippen MR) is 85.2 cm³/mol. The van der Waals surface area contributed by atoms with Crippen LogP contribution in [0.4, 0.5) is 17.1 Å². The van der Waals surface area contributed by atoms with Crippen molar-refractivity contribution in [2.75, 3.05) is 5.32 Å². The Bertz CT molecular complexity index is 734. The zero-order chi connectivity index (χ0) is 15.6. The molecule has 0 aliphatic rings. The van der Waals surface area contributed by atoms with E-state index in [2.05, 4.69) is 37.2 Å². The van der Waals surface area contributed by atoms with Crippen molar-refractivity contribution < 1.29 is 14.8 Å². The number of carboxylic acids is 1. The summed E-state index contributed by atoms with van der Waals surface area (Å²) in [6.45, 7) is 0. The van der Waals surface area contributed by atoms with E-state index in [9.17, 15) is 14.9 Å². The first-order chi connectivity index (χ1) is 9.88. The SMILES string of the molecule is O=C(O)c1cc(Nc2cc(Br)ccc2Br)ccc1[N+](=O)[O-]. The van der Waals surface area contributed by atoms with Crippen LogP contribution in [0.15, 0.2) is 45.3 Å². The Kier molecular flexibility index (Phi) is 4.59. The molecule has 108 valence electrons. The molecule has 0 unspecified atom stereocenters. The number of nitro groups is 1. The summed E-state index contributed by atoms with van der Waals surface area (Å²) in [5.74, 6) is -1.35. The Morgan fingerprint density at radius 3 is 2.52 bits per heavy atom. The van der Waals surface area contributed by atoms with Crippen molar-refractivity contribution in [1.82, 2.24) is 0 Å². The van der Waals surface area contributed by atoms with Crippen LogP contribution >= 0.6 is 31.9 Å². The van der Waals surface area contributed by atoms with Crippen LogP contribution in [-0.2, 0) is 0 Å². The summed E-state index contributed by atoms with van der Waals surface area (Å²) in [7, 11) is 0. The Balaban J connectivity index is 2.41. The predicted octanol–water partition coefficient (Wildman–Crippen LogP) is 4.56. The second kappa shape index (κ2) is 6.23. The van der Waals surface area contributed by atoms with Gasteiger partial charge in [0.25, 0.3) is 5.69 Å². The van der Waals surface area contributed by atoms with Crippen LogP contribution in [0.1, 0.15) is 10.4 Å². The summed E-state index contributed by atoms with van der Waals surface area (Å²) in [5.41, 5.74) is 0.337. The molecule has 2 rings (SSSR count). The third-order valence-electron chi connectivity index (χ3n) is 2.63. The molecule has 0 amide bonds. The summed E-state index contributed by atoms with van der Waals surface area (Å²) in [6, 6.07) is 9.30. The highest BCUT2D eigenvalue weighted by molar-refractivity contribution is 9.11. The van der Waals surface area contributed by atoms with E-state index in [0.717, 1.165) is 15.0 Å². The third kappa shape index (κ3) is 3.59. The normalized spacial score (nSPS) is 10.2. The van der Waals surface area contributed by atoms with Gasteiger partial charge in [-0.05, 0) is 46.3 Å². The number of rotatable bonds is 4. The lowest BCUT2D eigenvalue weighted by Crippen LogP contribution is -2.03. The highest BCUT2D eigenvalue weighted by Gasteiger charge is 2.20. The molecule has 0 radical (unpaired) electrons. The summed E-state index contributed by atoms with van der Waals surface area (Å²) >= 11 is 6.70. The summed E-state index contributed by atoms with van der Waals surface area (Å²) in [4.78, 5) is 21.2. The van der Waals surface area contributed by atoms with Crippen LogP contribution in [-0.4, -0.2) is 16.0 Å². The van der Waals surface area contributed by atoms with E-state index in [0.29, 0.717) is 11.4 Å². The molecule has 2 aromatic carbocycles. The molecule has 2 aromatic rings. The van der Waals surface area contributed by atoms with Gasteiger partial charge in [-0.3, -0.25) is 10.1 Å². The van der Waals surface area contributed by atoms with Gasteiger partial charge >= 0.3 is 5.97 Å². The van der Waals surface area contributed by atoms with Crippen molar-refractivity contribution in [2.45, 2.75) is 0 Å². The van der Waals surface area contributed by atoms with Crippen LogP contribution < -0.4 is 5.32 Å². The monoisotopic (exact) mass is 414 g/mol. The lowest BCUT2D eigenvalue weighted by atomic mass is 10.1. The topological polar surface area (TPSA) is 92.5 Å². The number of nitrogens with zero attached hydrogens (tertiary/aromatic N) is 1. The maximum absolute atomic E-state index is 11.1. The van der Waals surface area contributed by atoms with Gasteiger partial charge in [-0.2, -0.15) is 0 Å². The van der Waals surface area contributed by atoms with Crippen molar-refractivity contribution >= 4 is 54.9 Å². The number of nitro benzene ring substituents is 1. The molecule has 0 aromatic heterocycles. The van der Waals surface area contributed by atoms with E-state index in [-0.39, 0.29) is 5.56 Å². The van der Waals surface area contributed by atoms with Crippen LogP contribution in [0.25, 0.3) is 0 Å². The molecule has 6 nitrogen and oxygen atoms in total. The molecule has 0 spiro atoms. The van der Waals surface area contributed by atoms with E-state index in [4.69, 9.17) is 5.11 Å². The summed E-state index contributed by atoms with van der Waals surface area (Å²) < 4.78 is 1.62. The average molecular weight is 416 g/mol. The highest BCUT2D eigenvalue weighted by Crippen LogP contribution is 2.30. The minimum Gasteiger partial charge on any atom is -0.477 e. The average Bonchev–Trinajstić information content (AvgIpc) is 2.42. The Morgan fingerprint density at radius 2 is 1.90 bits per heavy atom. The van der Waals surface area contributed by atoms with Crippen molar-refractivity contribution in [3.63, 3.8) is 0 Å². The Morgan fingerprint density at radius 1 is 1.19 bits per heavy atom. The second-order valence-corrected chi connectivity index (χ2v) is 5.81. The van der Waals surface area contributed by atoms with E-state index in [1.165, 1.54) is 12.1 Å². The van der Waals surface area contributed by atoms with E-state index in [1.807, 2.05) is 12.1 Å². The molecule has 0 aliphatic carbocycles. The standard InChI is InChI=1S/C13H8Br2N2O4/c14-7-1-3-10(15)11(5-7)16-8-2-4-12(17(20)21)9(6-8)13(18)19/h1-6,16H,(H,18,19). The fourth-order valence-electron chi connectivity index (χ4n) is 1.69. The minimum atomic E-state index is -1.35. The maximum atomic E-state index is 11.1. The molecule has 8 heteroatoms. The smallest absolute Gasteiger partial charge is 0.342 e. The Hall–Kier alpha value is -1.93. The molecular formula is C13H8Br2N2O4. The Labute approximate surface area is 136 Å². The molecule has 2 N–H and O–H groups in total. The van der Waals surface area contributed by atoms with Gasteiger partial charge in [0, 0.05) is 20.7 Å². The number of carbonyl (C=O) groups is 1. The van der Waals surface area contributed by atoms with Crippen molar-refractivity contribution in [3.05, 3.63) is 61.0 Å². The largest absolute Gasteiger partial charge is 0.477 e. The van der Waals surface area contributed by atoms with Crippen LogP contribution in [0.2, 0.25) is 0 Å². The lowest BCUT2D eigenvalue weighted by Gasteiger charge is -2.10. The van der Waals surface area contributed by atoms with E-state index < -0.39 is 16.6 Å². The first kappa shape index (κ1) is 15.5. The van der Waals surface area contributed by atoms with Crippen molar-refractivity contribution in [3.8, 4) is 0 Å². The lowest BCUT2D eigenvalue weighted by molar-refractivity contribution is -0.385. The summed E-state index contributed by atoms with van der Waals surface area (Å²) in [5, 5.41) is 22.9. The number of hydrogen-bond donors (Lipinski definition) is 2. The van der Waals surface area contributed by atoms with Crippen LogP contribution in [0.3, 0.4) is 0 Å². The molecule has 0 atom stereocenters. The fraction of sp³-hybridized carbons (Fsp3) is 0. The van der Waals surface area contributed by atoms with Crippen LogP contribution in [0, 0.1) is 10.1 Å². The molecule has 21 heavy (non-hydrogen) atoms. The minimum absolute atomic E-state index is 0.365. The van der Waals surface area contributed by atoms with Gasteiger partial charge in [-0.25, -0.2) is 4.79 Å². The third-order valence-corrected chi connectivity index (χ3v) is 3.82. The number of halogens is 2. The fourth-order valence-corrected chi connectivity index (χ4v) is 2.40. The number of hydrogen-bond acceptors (Lipinski definition) is 4. The molecule has 0 fully saturated rings. The quantitative estimate of drug-likeness (QED) is 0.563. The maximum Gasteiger partial charge on any atom is 0.342 e. The van der Waals surface area contributed by atoms with Gasteiger partial charge in [-0.1, -0.05) is 15.9 Å². The zero-order valence-corrected chi connectivity index (χ0v) is 13.5. The van der Waals surface area contributed by atoms with E-state index in [1.54, 1.807) is 6.07 Å².